The molecule has 0 spiro atoms. The fourth-order valence-electron chi connectivity index (χ4n) is 3.69. The van der Waals surface area contributed by atoms with Crippen LogP contribution in [0.15, 0.2) is 54.8 Å². The van der Waals surface area contributed by atoms with Gasteiger partial charge in [-0.2, -0.15) is 0 Å². The summed E-state index contributed by atoms with van der Waals surface area (Å²) in [5.74, 6) is -0.710. The van der Waals surface area contributed by atoms with Crippen molar-refractivity contribution in [1.82, 2.24) is 9.97 Å². The van der Waals surface area contributed by atoms with Crippen LogP contribution in [0.5, 0.6) is 0 Å². The second-order valence-electron chi connectivity index (χ2n) is 7.66. The van der Waals surface area contributed by atoms with Crippen LogP contribution in [0.2, 0.25) is 0 Å². The van der Waals surface area contributed by atoms with E-state index in [0.29, 0.717) is 41.4 Å². The van der Waals surface area contributed by atoms with Crippen LogP contribution in [-0.2, 0) is 0 Å². The Hall–Kier alpha value is -3.94. The Bertz CT molecular complexity index is 1400. The number of nitrogens with zero attached hydrogens (tertiary/aromatic N) is 2. The summed E-state index contributed by atoms with van der Waals surface area (Å²) >= 11 is 0. The zero-order valence-electron chi connectivity index (χ0n) is 18.5. The van der Waals surface area contributed by atoms with Crippen LogP contribution in [0, 0.1) is 0 Å². The first kappa shape index (κ1) is 22.3. The number of benzene rings is 2. The summed E-state index contributed by atoms with van der Waals surface area (Å²) in [7, 11) is 0. The number of aromatic nitrogens is 2. The predicted molar refractivity (Wildman–Crippen MR) is 122 cm³/mol. The molecule has 0 amide bonds. The van der Waals surface area contributed by atoms with Gasteiger partial charge in [-0.3, -0.25) is 9.59 Å². The van der Waals surface area contributed by atoms with E-state index in [9.17, 15) is 19.2 Å². The number of fused-ring (bicyclic) bond motifs is 2. The average Bonchev–Trinajstić information content (AvgIpc) is 2.83. The van der Waals surface area contributed by atoms with Crippen molar-refractivity contribution in [2.24, 2.45) is 0 Å². The fraction of sp³-hybridized carbons (Fsp3) is 0.280. The van der Waals surface area contributed by atoms with Crippen molar-refractivity contribution < 1.29 is 18.4 Å². The number of rotatable bonds is 7. The highest BCUT2D eigenvalue weighted by atomic mass is 16.4. The molecule has 0 saturated carbocycles. The predicted octanol–water partition coefficient (Wildman–Crippen LogP) is 4.42. The van der Waals surface area contributed by atoms with Gasteiger partial charge >= 0.3 is 11.3 Å². The quantitative estimate of drug-likeness (QED) is 0.383. The van der Waals surface area contributed by atoms with Crippen molar-refractivity contribution in [1.29, 1.82) is 0 Å². The van der Waals surface area contributed by atoms with Crippen molar-refractivity contribution in [3.63, 3.8) is 0 Å². The fourth-order valence-corrected chi connectivity index (χ4v) is 3.69. The van der Waals surface area contributed by atoms with E-state index in [0.717, 1.165) is 0 Å². The molecule has 168 valence electrons. The summed E-state index contributed by atoms with van der Waals surface area (Å²) in [5.41, 5.74) is 0.315. The van der Waals surface area contributed by atoms with Crippen molar-refractivity contribution >= 4 is 33.4 Å². The van der Waals surface area contributed by atoms with Gasteiger partial charge in [-0.05, 0) is 42.8 Å². The van der Waals surface area contributed by atoms with Crippen LogP contribution in [-0.4, -0.2) is 21.5 Å². The van der Waals surface area contributed by atoms with E-state index >= 15 is 0 Å². The van der Waals surface area contributed by atoms with Crippen LogP contribution in [0.1, 0.15) is 78.4 Å². The van der Waals surface area contributed by atoms with E-state index in [-0.39, 0.29) is 34.1 Å². The summed E-state index contributed by atoms with van der Waals surface area (Å²) < 4.78 is 10.9. The molecule has 0 bridgehead atoms. The standard InChI is InChI=1S/C25H22N2O6/c1-4-15(22-26-18-9-7-13(20(28)5-2)11-16(18)24(30)32-22)23-27-19-10-8-14(21(29)6-3)12-17(19)25(31)33-23/h7-12,15H,4-6H2,1-3H3. The van der Waals surface area contributed by atoms with Crippen LogP contribution >= 0.6 is 0 Å². The molecule has 0 aliphatic rings. The molecule has 2 aromatic heterocycles. The molecule has 8 nitrogen and oxygen atoms in total. The molecule has 0 atom stereocenters. The minimum atomic E-state index is -0.673. The lowest BCUT2D eigenvalue weighted by molar-refractivity contribution is 0.0980. The Labute approximate surface area is 188 Å². The minimum Gasteiger partial charge on any atom is -0.407 e. The van der Waals surface area contributed by atoms with Gasteiger partial charge in [-0.25, -0.2) is 19.6 Å². The summed E-state index contributed by atoms with van der Waals surface area (Å²) in [6, 6.07) is 9.40. The number of hydrogen-bond donors (Lipinski definition) is 0. The van der Waals surface area contributed by atoms with E-state index in [1.54, 1.807) is 38.1 Å². The van der Waals surface area contributed by atoms with Crippen LogP contribution in [0.4, 0.5) is 0 Å². The first-order chi connectivity index (χ1) is 15.9. The second kappa shape index (κ2) is 8.90. The van der Waals surface area contributed by atoms with Gasteiger partial charge in [0.25, 0.3) is 0 Å². The minimum absolute atomic E-state index is 0.0670. The van der Waals surface area contributed by atoms with Crippen molar-refractivity contribution in [3.05, 3.63) is 80.1 Å². The smallest absolute Gasteiger partial charge is 0.346 e. The molecule has 8 heteroatoms. The zero-order chi connectivity index (χ0) is 23.7. The maximum atomic E-state index is 12.7. The van der Waals surface area contributed by atoms with Crippen molar-refractivity contribution in [2.45, 2.75) is 46.0 Å². The Kier molecular flexibility index (Phi) is 6.00. The van der Waals surface area contributed by atoms with Crippen molar-refractivity contribution in [3.8, 4) is 0 Å². The Balaban J connectivity index is 1.81. The van der Waals surface area contributed by atoms with Gasteiger partial charge in [0, 0.05) is 24.0 Å². The highest BCUT2D eigenvalue weighted by molar-refractivity contribution is 5.99. The molecule has 0 unspecified atom stereocenters. The molecule has 2 heterocycles. The molecule has 0 N–H and O–H groups in total. The first-order valence-electron chi connectivity index (χ1n) is 10.8. The van der Waals surface area contributed by atoms with Gasteiger partial charge < -0.3 is 8.83 Å². The number of ketones is 2. The molecule has 4 aromatic rings. The van der Waals surface area contributed by atoms with Gasteiger partial charge in [-0.1, -0.05) is 20.8 Å². The normalized spacial score (nSPS) is 11.4. The van der Waals surface area contributed by atoms with Crippen LogP contribution < -0.4 is 11.3 Å². The molecule has 0 aliphatic heterocycles. The summed E-state index contributed by atoms with van der Waals surface area (Å²) in [4.78, 5) is 58.1. The van der Waals surface area contributed by atoms with E-state index in [2.05, 4.69) is 9.97 Å². The van der Waals surface area contributed by atoms with Gasteiger partial charge in [0.15, 0.2) is 11.6 Å². The molecular formula is C25H22N2O6. The van der Waals surface area contributed by atoms with Crippen LogP contribution in [0.3, 0.4) is 0 Å². The zero-order valence-corrected chi connectivity index (χ0v) is 18.5. The number of carbonyl (C=O) groups is 2. The highest BCUT2D eigenvalue weighted by Crippen LogP contribution is 2.26. The molecule has 0 saturated heterocycles. The highest BCUT2D eigenvalue weighted by Gasteiger charge is 2.24. The number of hydrogen-bond acceptors (Lipinski definition) is 8. The lowest BCUT2D eigenvalue weighted by Gasteiger charge is -2.12. The third-order valence-electron chi connectivity index (χ3n) is 5.58. The lowest BCUT2D eigenvalue weighted by Crippen LogP contribution is -2.14. The molecule has 2 aromatic carbocycles. The topological polar surface area (TPSA) is 120 Å². The van der Waals surface area contributed by atoms with E-state index in [4.69, 9.17) is 8.83 Å². The maximum absolute atomic E-state index is 12.7. The Morgan fingerprint density at radius 2 is 1.18 bits per heavy atom. The monoisotopic (exact) mass is 446 g/mol. The molecule has 0 aliphatic carbocycles. The third-order valence-corrected chi connectivity index (χ3v) is 5.58. The molecule has 33 heavy (non-hydrogen) atoms. The maximum Gasteiger partial charge on any atom is 0.346 e. The van der Waals surface area contributed by atoms with E-state index < -0.39 is 17.2 Å². The molecule has 0 fully saturated rings. The summed E-state index contributed by atoms with van der Waals surface area (Å²) in [6.07, 6.45) is 1.05. The SMILES string of the molecule is CCC(=O)c1ccc2nc(C(CC)c3nc4ccc(C(=O)CC)cc4c(=O)o3)oc(=O)c2c1. The molecule has 4 rings (SSSR count). The van der Waals surface area contributed by atoms with Gasteiger partial charge in [-0.15, -0.1) is 0 Å². The average molecular weight is 446 g/mol. The third kappa shape index (κ3) is 4.11. The Morgan fingerprint density at radius 1 is 0.758 bits per heavy atom. The molecular weight excluding hydrogens is 424 g/mol. The largest absolute Gasteiger partial charge is 0.407 e. The van der Waals surface area contributed by atoms with Crippen molar-refractivity contribution in [2.75, 3.05) is 0 Å². The number of Topliss-reactive ketones (excluding diaryl/α,β-unsaturated/α-hetero) is 2. The summed E-state index contributed by atoms with van der Waals surface area (Å²) in [6.45, 7) is 5.32. The number of carbonyl (C=O) groups excluding carboxylic acids is 2. The van der Waals surface area contributed by atoms with E-state index in [1.165, 1.54) is 12.1 Å². The first-order valence-corrected chi connectivity index (χ1v) is 10.8. The van der Waals surface area contributed by atoms with E-state index in [1.807, 2.05) is 6.92 Å². The van der Waals surface area contributed by atoms with Gasteiger partial charge in [0.1, 0.15) is 5.92 Å². The van der Waals surface area contributed by atoms with Gasteiger partial charge in [0.2, 0.25) is 11.8 Å². The summed E-state index contributed by atoms with van der Waals surface area (Å²) in [5, 5.41) is 0.405. The second-order valence-corrected chi connectivity index (χ2v) is 7.66. The molecule has 0 radical (unpaired) electrons. The van der Waals surface area contributed by atoms with Crippen LogP contribution in [0.25, 0.3) is 21.8 Å². The Morgan fingerprint density at radius 3 is 1.55 bits per heavy atom. The van der Waals surface area contributed by atoms with Gasteiger partial charge in [0.05, 0.1) is 21.8 Å². The lowest BCUT2D eigenvalue weighted by atomic mass is 10.0.